The van der Waals surface area contributed by atoms with Crippen molar-refractivity contribution in [3.05, 3.63) is 39.5 Å². The molecule has 0 aliphatic heterocycles. The van der Waals surface area contributed by atoms with Crippen LogP contribution in [-0.4, -0.2) is 39.2 Å². The summed E-state index contributed by atoms with van der Waals surface area (Å²) >= 11 is -3.26. The fraction of sp³-hybridized carbons (Fsp3) is 0.667. The third-order valence-electron chi connectivity index (χ3n) is 7.50. The van der Waals surface area contributed by atoms with Gasteiger partial charge in [0.25, 0.3) is 0 Å². The van der Waals surface area contributed by atoms with Crippen LogP contribution < -0.4 is 0 Å². The van der Waals surface area contributed by atoms with E-state index >= 15 is 0 Å². The Labute approximate surface area is 219 Å². The molecular formula is C24H52Cl2Si5Zr. The minimum atomic E-state index is -3.26. The minimum absolute atomic E-state index is 0. The Hall–Kier alpha value is 1.51. The summed E-state index contributed by atoms with van der Waals surface area (Å²) in [6.45, 7) is 33.4. The third-order valence-corrected chi connectivity index (χ3v) is 34.1. The van der Waals surface area contributed by atoms with E-state index in [4.69, 9.17) is 0 Å². The molecule has 186 valence electrons. The van der Waals surface area contributed by atoms with Crippen LogP contribution in [0.4, 0.5) is 0 Å². The number of halogens is 2. The van der Waals surface area contributed by atoms with Crippen molar-refractivity contribution in [3.63, 3.8) is 0 Å². The Kier molecular flexibility index (Phi) is 10.2. The van der Waals surface area contributed by atoms with Gasteiger partial charge in [-0.25, -0.2) is 0 Å². The number of allylic oxidation sites excluding steroid dienone is 8. The maximum absolute atomic E-state index is 3.26. The largest absolute Gasteiger partial charge is 0.147 e. The minimum Gasteiger partial charge on any atom is -0.147 e. The zero-order valence-electron chi connectivity index (χ0n) is 23.6. The molecule has 0 atom stereocenters. The fourth-order valence-corrected chi connectivity index (χ4v) is 37.4. The van der Waals surface area contributed by atoms with Gasteiger partial charge in [0.05, 0.1) is 0 Å². The van der Waals surface area contributed by atoms with Gasteiger partial charge in [0.2, 0.25) is 0 Å². The van der Waals surface area contributed by atoms with Gasteiger partial charge in [0.15, 0.2) is 0 Å². The predicted octanol–water partition coefficient (Wildman–Crippen LogP) is 8.84. The van der Waals surface area contributed by atoms with Crippen LogP contribution in [-0.2, 0) is 17.4 Å². The monoisotopic (exact) mass is 640 g/mol. The van der Waals surface area contributed by atoms with E-state index in [1.54, 1.807) is 0 Å². The van der Waals surface area contributed by atoms with Crippen molar-refractivity contribution in [1.82, 2.24) is 0 Å². The molecule has 0 fully saturated rings. The number of rotatable bonds is 6. The average molecular weight is 643 g/mol. The molecule has 0 aromatic carbocycles. The normalized spacial score (nSPS) is 19.0. The van der Waals surface area contributed by atoms with Crippen molar-refractivity contribution < 1.29 is 17.4 Å². The van der Waals surface area contributed by atoms with E-state index in [1.165, 1.54) is 12.8 Å². The van der Waals surface area contributed by atoms with Crippen molar-refractivity contribution >= 4 is 64.0 Å². The van der Waals surface area contributed by atoms with Crippen LogP contribution in [0.5, 0.6) is 0 Å². The van der Waals surface area contributed by atoms with Crippen LogP contribution in [0.15, 0.2) is 39.5 Å². The standard InChI is InChI=1S/2C11H21Si2.2CH3.2ClH.H2Si.Zr/c2*1-12(2,3)10-7-8-11(9-10)13(4,5)6;;;;;;/h2*9H,7H2,1-6H3;2*1H3;2*1H;1H2;. The molecule has 0 N–H and O–H groups in total. The molecule has 0 aromatic rings. The van der Waals surface area contributed by atoms with E-state index in [0.29, 0.717) is 0 Å². The molecular weight excluding hydrogens is 591 g/mol. The molecule has 0 unspecified atom stereocenters. The summed E-state index contributed by atoms with van der Waals surface area (Å²) in [4.78, 5) is 0. The van der Waals surface area contributed by atoms with E-state index in [2.05, 4.69) is 107 Å². The zero-order chi connectivity index (χ0) is 23.7. The Morgan fingerprint density at radius 1 is 0.562 bits per heavy atom. The van der Waals surface area contributed by atoms with E-state index in [0.717, 1.165) is 0 Å². The molecule has 2 rings (SSSR count). The van der Waals surface area contributed by atoms with Gasteiger partial charge < -0.3 is 0 Å². The quantitative estimate of drug-likeness (QED) is 0.254. The van der Waals surface area contributed by atoms with Crippen molar-refractivity contribution in [2.75, 3.05) is 0 Å². The summed E-state index contributed by atoms with van der Waals surface area (Å²) in [5.41, 5.74) is 0. The second-order valence-corrected chi connectivity index (χ2v) is 64.2. The second kappa shape index (κ2) is 9.76. The molecule has 0 radical (unpaired) electrons. The van der Waals surface area contributed by atoms with Crippen molar-refractivity contribution in [3.8, 4) is 0 Å². The zero-order valence-corrected chi connectivity index (χ0v) is 33.1. The summed E-state index contributed by atoms with van der Waals surface area (Å²) in [6.07, 6.45) is 8.14. The van der Waals surface area contributed by atoms with Crippen LogP contribution >= 0.6 is 24.8 Å². The van der Waals surface area contributed by atoms with Gasteiger partial charge >= 0.3 is 197 Å². The third kappa shape index (κ3) is 6.83. The molecule has 0 saturated heterocycles. The molecule has 2 aliphatic rings. The van der Waals surface area contributed by atoms with Gasteiger partial charge in [-0.1, -0.05) is 0 Å². The van der Waals surface area contributed by atoms with Gasteiger partial charge in [0.1, 0.15) is 0 Å². The smallest absolute Gasteiger partial charge is 0.147 e. The number of hydrogen-bond donors (Lipinski definition) is 0. The molecule has 0 spiro atoms. The topological polar surface area (TPSA) is 0 Å². The summed E-state index contributed by atoms with van der Waals surface area (Å²) in [7, 11) is -5.29. The first-order valence-corrected chi connectivity index (χ1v) is 39.2. The van der Waals surface area contributed by atoms with E-state index < -0.39 is 49.7 Å². The first-order valence-electron chi connectivity index (χ1n) is 11.9. The molecule has 0 nitrogen and oxygen atoms in total. The molecule has 8 heteroatoms. The van der Waals surface area contributed by atoms with Gasteiger partial charge in [0, 0.05) is 0 Å². The van der Waals surface area contributed by atoms with Crippen molar-refractivity contribution in [1.29, 1.82) is 0 Å². The molecule has 32 heavy (non-hydrogen) atoms. The average Bonchev–Trinajstić information content (AvgIpc) is 3.11. The van der Waals surface area contributed by atoms with Crippen LogP contribution in [0.25, 0.3) is 0 Å². The van der Waals surface area contributed by atoms with Gasteiger partial charge in [-0.05, 0) is 0 Å². The Morgan fingerprint density at radius 3 is 1.00 bits per heavy atom. The van der Waals surface area contributed by atoms with Crippen molar-refractivity contribution in [2.45, 2.75) is 101 Å². The van der Waals surface area contributed by atoms with Crippen LogP contribution in [0.3, 0.4) is 0 Å². The summed E-state index contributed by atoms with van der Waals surface area (Å²) in [6, 6.07) is 0. The molecule has 2 aliphatic carbocycles. The maximum Gasteiger partial charge on any atom is -0.147 e. The summed E-state index contributed by atoms with van der Waals surface area (Å²) < 4.78 is 9.60. The van der Waals surface area contributed by atoms with Gasteiger partial charge in [-0.2, -0.15) is 0 Å². The van der Waals surface area contributed by atoms with E-state index in [-0.39, 0.29) is 24.8 Å². The number of hydrogen-bond acceptors (Lipinski definition) is 0. The van der Waals surface area contributed by atoms with Crippen molar-refractivity contribution in [2.24, 2.45) is 0 Å². The van der Waals surface area contributed by atoms with Crippen LogP contribution in [0, 0.1) is 0 Å². The Balaban J connectivity index is 0.00000480. The maximum atomic E-state index is 2.81. The van der Waals surface area contributed by atoms with E-state index in [1.807, 2.05) is 27.3 Å². The Morgan fingerprint density at radius 2 is 0.812 bits per heavy atom. The predicted molar refractivity (Wildman–Crippen MR) is 168 cm³/mol. The SMILES string of the molecule is C[Si](C)(C)C1=CC([Si](C)(C)C)=[C]([Zr]([CH3])([CH3])(=[SiH2])[C]2=C([Si](C)(C)C)C=C([Si](C)(C)C)C2)C1.Cl.Cl. The molecule has 0 aromatic heterocycles. The molecule has 0 amide bonds. The Bertz CT molecular complexity index is 878. The first-order chi connectivity index (χ1) is 12.9. The van der Waals surface area contributed by atoms with E-state index in [9.17, 15) is 0 Å². The van der Waals surface area contributed by atoms with Gasteiger partial charge in [-0.3, -0.25) is 0 Å². The summed E-state index contributed by atoms with van der Waals surface area (Å²) in [5.74, 6) is 0. The van der Waals surface area contributed by atoms with Crippen LogP contribution in [0.2, 0.25) is 87.8 Å². The molecule has 0 saturated carbocycles. The van der Waals surface area contributed by atoms with Gasteiger partial charge in [-0.15, -0.1) is 24.8 Å². The first kappa shape index (κ1) is 33.5. The summed E-state index contributed by atoms with van der Waals surface area (Å²) in [5, 5.41) is 7.37. The molecule has 0 bridgehead atoms. The van der Waals surface area contributed by atoms with Crippen LogP contribution in [0.1, 0.15) is 12.8 Å². The fourth-order valence-electron chi connectivity index (χ4n) is 5.11. The second-order valence-electron chi connectivity index (χ2n) is 15.2. The molecule has 0 heterocycles.